The largest absolute Gasteiger partial charge is 0.411 e. The molecule has 0 aliphatic carbocycles. The Hall–Kier alpha value is -2.15. The second kappa shape index (κ2) is 5.46. The lowest BCUT2D eigenvalue weighted by molar-refractivity contribution is -0.384. The van der Waals surface area contributed by atoms with E-state index in [0.717, 1.165) is 5.69 Å². The Morgan fingerprint density at radius 2 is 2.17 bits per heavy atom. The van der Waals surface area contributed by atoms with Gasteiger partial charge in [-0.1, -0.05) is 5.16 Å². The van der Waals surface area contributed by atoms with Crippen molar-refractivity contribution in [3.63, 3.8) is 0 Å². The molecule has 7 nitrogen and oxygen atoms in total. The predicted molar refractivity (Wildman–Crippen MR) is 65.5 cm³/mol. The fourth-order valence-electron chi connectivity index (χ4n) is 1.91. The average molecular weight is 251 g/mol. The van der Waals surface area contributed by atoms with Crippen LogP contribution in [0.1, 0.15) is 5.56 Å². The molecular formula is C11H13N3O4. The number of benzene rings is 1. The number of rotatable bonds is 3. The van der Waals surface area contributed by atoms with Gasteiger partial charge in [0.05, 0.1) is 24.4 Å². The molecule has 2 rings (SSSR count). The van der Waals surface area contributed by atoms with Crippen molar-refractivity contribution >= 4 is 17.6 Å². The highest BCUT2D eigenvalue weighted by atomic mass is 16.6. The molecule has 1 aliphatic heterocycles. The molecular weight excluding hydrogens is 238 g/mol. The molecule has 0 spiro atoms. The van der Waals surface area contributed by atoms with Crippen LogP contribution < -0.4 is 4.90 Å². The molecule has 0 aromatic heterocycles. The van der Waals surface area contributed by atoms with Crippen LogP contribution in [-0.4, -0.2) is 42.6 Å². The molecule has 0 amide bonds. The Balaban J connectivity index is 2.36. The number of oxime groups is 1. The third-order valence-electron chi connectivity index (χ3n) is 2.77. The number of nitrogens with zero attached hydrogens (tertiary/aromatic N) is 3. The highest BCUT2D eigenvalue weighted by molar-refractivity contribution is 5.88. The van der Waals surface area contributed by atoms with Gasteiger partial charge in [0.2, 0.25) is 0 Å². The zero-order valence-electron chi connectivity index (χ0n) is 9.65. The van der Waals surface area contributed by atoms with Crippen LogP contribution in [0.4, 0.5) is 11.4 Å². The van der Waals surface area contributed by atoms with Gasteiger partial charge in [-0.15, -0.1) is 0 Å². The Bertz CT molecular complexity index is 469. The Morgan fingerprint density at radius 1 is 1.44 bits per heavy atom. The van der Waals surface area contributed by atoms with Crippen LogP contribution in [0.25, 0.3) is 0 Å². The van der Waals surface area contributed by atoms with Gasteiger partial charge in [0, 0.05) is 36.5 Å². The zero-order valence-corrected chi connectivity index (χ0v) is 9.65. The van der Waals surface area contributed by atoms with Crippen molar-refractivity contribution in [2.24, 2.45) is 5.16 Å². The molecule has 0 saturated carbocycles. The van der Waals surface area contributed by atoms with E-state index in [4.69, 9.17) is 9.94 Å². The van der Waals surface area contributed by atoms with Gasteiger partial charge < -0.3 is 14.8 Å². The number of morpholine rings is 1. The van der Waals surface area contributed by atoms with E-state index in [2.05, 4.69) is 5.16 Å². The van der Waals surface area contributed by atoms with Crippen LogP contribution in [0.15, 0.2) is 23.4 Å². The van der Waals surface area contributed by atoms with Crippen LogP contribution in [0, 0.1) is 10.1 Å². The quantitative estimate of drug-likeness (QED) is 0.378. The summed E-state index contributed by atoms with van der Waals surface area (Å²) in [6, 6.07) is 4.50. The van der Waals surface area contributed by atoms with E-state index in [1.807, 2.05) is 4.90 Å². The predicted octanol–water partition coefficient (Wildman–Crippen LogP) is 1.24. The summed E-state index contributed by atoms with van der Waals surface area (Å²) in [6.07, 6.45) is 1.21. The molecule has 0 bridgehead atoms. The molecule has 1 aromatic rings. The maximum Gasteiger partial charge on any atom is 0.270 e. The van der Waals surface area contributed by atoms with E-state index in [1.165, 1.54) is 18.3 Å². The standard InChI is InChI=1S/C11H13N3O4/c15-12-8-9-7-10(14(16)17)1-2-11(9)13-3-5-18-6-4-13/h1-2,7-8,15H,3-6H2/b12-8+. The first-order valence-corrected chi connectivity index (χ1v) is 5.51. The van der Waals surface area contributed by atoms with E-state index >= 15 is 0 Å². The number of anilines is 1. The van der Waals surface area contributed by atoms with Crippen molar-refractivity contribution < 1.29 is 14.9 Å². The lowest BCUT2D eigenvalue weighted by Crippen LogP contribution is -2.36. The van der Waals surface area contributed by atoms with Gasteiger partial charge >= 0.3 is 0 Å². The number of hydrogen-bond acceptors (Lipinski definition) is 6. The van der Waals surface area contributed by atoms with Gasteiger partial charge in [-0.2, -0.15) is 0 Å². The second-order valence-electron chi connectivity index (χ2n) is 3.84. The monoisotopic (exact) mass is 251 g/mol. The zero-order chi connectivity index (χ0) is 13.0. The average Bonchev–Trinajstić information content (AvgIpc) is 2.40. The number of ether oxygens (including phenoxy) is 1. The second-order valence-corrected chi connectivity index (χ2v) is 3.84. The molecule has 7 heteroatoms. The summed E-state index contributed by atoms with van der Waals surface area (Å²) in [5, 5.41) is 22.3. The molecule has 1 aliphatic rings. The lowest BCUT2D eigenvalue weighted by atomic mass is 10.1. The summed E-state index contributed by atoms with van der Waals surface area (Å²) in [6.45, 7) is 2.66. The third-order valence-corrected chi connectivity index (χ3v) is 2.77. The van der Waals surface area contributed by atoms with Crippen molar-refractivity contribution in [2.45, 2.75) is 0 Å². The van der Waals surface area contributed by atoms with E-state index < -0.39 is 4.92 Å². The highest BCUT2D eigenvalue weighted by Crippen LogP contribution is 2.25. The summed E-state index contributed by atoms with van der Waals surface area (Å²) >= 11 is 0. The first-order chi connectivity index (χ1) is 8.72. The molecule has 96 valence electrons. The van der Waals surface area contributed by atoms with Crippen molar-refractivity contribution in [2.75, 3.05) is 31.2 Å². The van der Waals surface area contributed by atoms with Gasteiger partial charge in [-0.3, -0.25) is 10.1 Å². The normalized spacial score (nSPS) is 16.1. The molecule has 1 N–H and O–H groups in total. The van der Waals surface area contributed by atoms with Crippen molar-refractivity contribution in [3.05, 3.63) is 33.9 Å². The van der Waals surface area contributed by atoms with Crippen LogP contribution in [0.2, 0.25) is 0 Å². The Kier molecular flexibility index (Phi) is 3.73. The SMILES string of the molecule is O=[N+]([O-])c1ccc(N2CCOCC2)c(/C=N/O)c1. The van der Waals surface area contributed by atoms with Crippen LogP contribution in [-0.2, 0) is 4.74 Å². The molecule has 0 unspecified atom stereocenters. The number of hydrogen-bond donors (Lipinski definition) is 1. The number of non-ortho nitro benzene ring substituents is 1. The molecule has 18 heavy (non-hydrogen) atoms. The summed E-state index contributed by atoms with van der Waals surface area (Å²) in [5.41, 5.74) is 1.30. The van der Waals surface area contributed by atoms with Crippen LogP contribution in [0.5, 0.6) is 0 Å². The van der Waals surface area contributed by atoms with Gasteiger partial charge in [0.15, 0.2) is 0 Å². The Morgan fingerprint density at radius 3 is 2.78 bits per heavy atom. The van der Waals surface area contributed by atoms with E-state index in [1.54, 1.807) is 6.07 Å². The maximum absolute atomic E-state index is 10.7. The first kappa shape index (κ1) is 12.3. The number of nitro benzene ring substituents is 1. The minimum absolute atomic E-state index is 0.0260. The highest BCUT2D eigenvalue weighted by Gasteiger charge is 2.17. The fourth-order valence-corrected chi connectivity index (χ4v) is 1.91. The molecule has 1 heterocycles. The molecule has 1 saturated heterocycles. The lowest BCUT2D eigenvalue weighted by Gasteiger charge is -2.29. The summed E-state index contributed by atoms with van der Waals surface area (Å²) < 4.78 is 5.25. The van der Waals surface area contributed by atoms with E-state index in [9.17, 15) is 10.1 Å². The Labute approximate surface area is 103 Å². The number of nitro groups is 1. The van der Waals surface area contributed by atoms with E-state index in [-0.39, 0.29) is 5.69 Å². The van der Waals surface area contributed by atoms with Crippen LogP contribution >= 0.6 is 0 Å². The van der Waals surface area contributed by atoms with Crippen molar-refractivity contribution in [1.29, 1.82) is 0 Å². The molecule has 0 radical (unpaired) electrons. The molecule has 1 aromatic carbocycles. The smallest absolute Gasteiger partial charge is 0.270 e. The minimum atomic E-state index is -0.474. The van der Waals surface area contributed by atoms with E-state index in [0.29, 0.717) is 31.9 Å². The minimum Gasteiger partial charge on any atom is -0.411 e. The van der Waals surface area contributed by atoms with Crippen molar-refractivity contribution in [3.8, 4) is 0 Å². The molecule has 0 atom stereocenters. The summed E-state index contributed by atoms with van der Waals surface area (Å²) in [7, 11) is 0. The third kappa shape index (κ3) is 2.57. The van der Waals surface area contributed by atoms with Gasteiger partial charge in [0.1, 0.15) is 0 Å². The maximum atomic E-state index is 10.7. The summed E-state index contributed by atoms with van der Waals surface area (Å²) in [4.78, 5) is 12.3. The first-order valence-electron chi connectivity index (χ1n) is 5.51. The summed E-state index contributed by atoms with van der Waals surface area (Å²) in [5.74, 6) is 0. The fraction of sp³-hybridized carbons (Fsp3) is 0.364. The van der Waals surface area contributed by atoms with Crippen molar-refractivity contribution in [1.82, 2.24) is 0 Å². The topological polar surface area (TPSA) is 88.2 Å². The van der Waals surface area contributed by atoms with Crippen LogP contribution in [0.3, 0.4) is 0 Å². The van der Waals surface area contributed by atoms with Gasteiger partial charge in [-0.05, 0) is 6.07 Å². The van der Waals surface area contributed by atoms with Gasteiger partial charge in [0.25, 0.3) is 5.69 Å². The van der Waals surface area contributed by atoms with Gasteiger partial charge in [-0.25, -0.2) is 0 Å². The molecule has 1 fully saturated rings.